The number of methoxy groups -OCH3 is 1. The molecule has 0 unspecified atom stereocenters. The first-order valence-electron chi connectivity index (χ1n) is 5.74. The van der Waals surface area contributed by atoms with E-state index in [0.717, 1.165) is 31.4 Å². The maximum Gasteiger partial charge on any atom is 0.0474 e. The Labute approximate surface area is 92.2 Å². The van der Waals surface area contributed by atoms with Crippen molar-refractivity contribution in [3.05, 3.63) is 0 Å². The van der Waals surface area contributed by atoms with E-state index >= 15 is 0 Å². The predicted octanol–water partition coefficient (Wildman–Crippen LogP) is 2.29. The van der Waals surface area contributed by atoms with Gasteiger partial charge in [0.15, 0.2) is 0 Å². The lowest BCUT2D eigenvalue weighted by molar-refractivity contribution is 0.194. The van der Waals surface area contributed by atoms with Crippen LogP contribution >= 0.6 is 11.8 Å². The molecule has 1 N–H and O–H groups in total. The van der Waals surface area contributed by atoms with Gasteiger partial charge < -0.3 is 10.1 Å². The number of nitrogens with one attached hydrogen (secondary N) is 1. The lowest BCUT2D eigenvalue weighted by Gasteiger charge is -2.08. The quantitative estimate of drug-likeness (QED) is 0.630. The second-order valence-corrected chi connectivity index (χ2v) is 5.28. The van der Waals surface area contributed by atoms with E-state index < -0.39 is 0 Å². The van der Waals surface area contributed by atoms with Crippen LogP contribution in [0, 0.1) is 0 Å². The molecule has 0 aromatic heterocycles. The highest BCUT2D eigenvalue weighted by Gasteiger charge is 2.14. The average Bonchev–Trinajstić information content (AvgIpc) is 2.69. The van der Waals surface area contributed by atoms with Crippen LogP contribution in [0.25, 0.3) is 0 Å². The average molecular weight is 217 g/mol. The van der Waals surface area contributed by atoms with Gasteiger partial charge >= 0.3 is 0 Å². The summed E-state index contributed by atoms with van der Waals surface area (Å²) in [4.78, 5) is 0. The fraction of sp³-hybridized carbons (Fsp3) is 1.00. The third kappa shape index (κ3) is 5.89. The summed E-state index contributed by atoms with van der Waals surface area (Å²) < 4.78 is 4.98. The Morgan fingerprint density at radius 3 is 2.79 bits per heavy atom. The summed E-state index contributed by atoms with van der Waals surface area (Å²) in [7, 11) is 1.76. The van der Waals surface area contributed by atoms with E-state index in [4.69, 9.17) is 4.74 Å². The molecule has 0 spiro atoms. The van der Waals surface area contributed by atoms with Crippen molar-refractivity contribution in [2.75, 3.05) is 32.6 Å². The van der Waals surface area contributed by atoms with Crippen LogP contribution in [0.5, 0.6) is 0 Å². The Morgan fingerprint density at radius 1 is 1.29 bits per heavy atom. The van der Waals surface area contributed by atoms with Gasteiger partial charge in [0, 0.05) is 31.3 Å². The molecule has 0 radical (unpaired) electrons. The van der Waals surface area contributed by atoms with Crippen LogP contribution < -0.4 is 5.32 Å². The third-order valence-electron chi connectivity index (χ3n) is 2.64. The van der Waals surface area contributed by atoms with Gasteiger partial charge in [-0.1, -0.05) is 12.8 Å². The molecule has 84 valence electrons. The number of ether oxygens (including phenoxy) is 1. The highest BCUT2D eigenvalue weighted by Crippen LogP contribution is 2.28. The topological polar surface area (TPSA) is 21.3 Å². The van der Waals surface area contributed by atoms with Crippen molar-refractivity contribution in [1.29, 1.82) is 0 Å². The number of rotatable bonds is 8. The van der Waals surface area contributed by atoms with Gasteiger partial charge in [0.1, 0.15) is 0 Å². The van der Waals surface area contributed by atoms with E-state index in [1.165, 1.54) is 31.4 Å². The second-order valence-electron chi connectivity index (χ2n) is 3.87. The van der Waals surface area contributed by atoms with E-state index in [0.29, 0.717) is 0 Å². The van der Waals surface area contributed by atoms with Crippen LogP contribution in [0.3, 0.4) is 0 Å². The first-order valence-corrected chi connectivity index (χ1v) is 6.79. The van der Waals surface area contributed by atoms with Crippen LogP contribution in [-0.2, 0) is 4.74 Å². The van der Waals surface area contributed by atoms with Crippen LogP contribution in [0.4, 0.5) is 0 Å². The molecule has 0 saturated heterocycles. The van der Waals surface area contributed by atoms with Gasteiger partial charge in [0.25, 0.3) is 0 Å². The first-order chi connectivity index (χ1) is 6.93. The molecular formula is C11H23NOS. The molecule has 1 saturated carbocycles. The van der Waals surface area contributed by atoms with Gasteiger partial charge in [0.2, 0.25) is 0 Å². The highest BCUT2D eigenvalue weighted by molar-refractivity contribution is 7.99. The van der Waals surface area contributed by atoms with Gasteiger partial charge in [0.05, 0.1) is 0 Å². The van der Waals surface area contributed by atoms with Crippen molar-refractivity contribution in [3.63, 3.8) is 0 Å². The molecule has 1 aliphatic carbocycles. The minimum absolute atomic E-state index is 0.878. The zero-order valence-electron chi connectivity index (χ0n) is 9.26. The normalized spacial score (nSPS) is 17.8. The lowest BCUT2D eigenvalue weighted by Crippen LogP contribution is -2.20. The predicted molar refractivity (Wildman–Crippen MR) is 64.1 cm³/mol. The van der Waals surface area contributed by atoms with Crippen molar-refractivity contribution in [2.45, 2.75) is 37.4 Å². The smallest absolute Gasteiger partial charge is 0.0474 e. The zero-order valence-corrected chi connectivity index (χ0v) is 10.1. The molecule has 1 aliphatic rings. The Bertz CT molecular complexity index is 126. The molecule has 0 aromatic rings. The number of hydrogen-bond acceptors (Lipinski definition) is 3. The second kappa shape index (κ2) is 8.57. The molecule has 1 rings (SSSR count). The Morgan fingerprint density at radius 2 is 2.07 bits per heavy atom. The molecule has 0 bridgehead atoms. The fourth-order valence-electron chi connectivity index (χ4n) is 1.82. The number of thioether (sulfide) groups is 1. The monoisotopic (exact) mass is 217 g/mol. The van der Waals surface area contributed by atoms with Crippen LogP contribution in [0.2, 0.25) is 0 Å². The fourth-order valence-corrected chi connectivity index (χ4v) is 3.08. The minimum Gasteiger partial charge on any atom is -0.385 e. The molecule has 0 amide bonds. The van der Waals surface area contributed by atoms with Crippen LogP contribution in [0.1, 0.15) is 32.1 Å². The number of hydrogen-bond donors (Lipinski definition) is 1. The van der Waals surface area contributed by atoms with E-state index in [1.54, 1.807) is 7.11 Å². The zero-order chi connectivity index (χ0) is 10.1. The molecule has 14 heavy (non-hydrogen) atoms. The molecule has 0 atom stereocenters. The van der Waals surface area contributed by atoms with E-state index in [2.05, 4.69) is 17.1 Å². The van der Waals surface area contributed by atoms with Crippen LogP contribution in [0.15, 0.2) is 0 Å². The standard InChI is InChI=1S/C11H23NOS/c1-13-9-4-7-12-8-10-14-11-5-2-3-6-11/h11-12H,2-10H2,1H3. The lowest BCUT2D eigenvalue weighted by atomic mass is 10.4. The van der Waals surface area contributed by atoms with Gasteiger partial charge in [-0.05, 0) is 25.8 Å². The molecule has 0 aromatic carbocycles. The largest absolute Gasteiger partial charge is 0.385 e. The summed E-state index contributed by atoms with van der Waals surface area (Å²) in [6.45, 7) is 3.13. The summed E-state index contributed by atoms with van der Waals surface area (Å²) in [6.07, 6.45) is 6.95. The third-order valence-corrected chi connectivity index (χ3v) is 4.02. The summed E-state index contributed by atoms with van der Waals surface area (Å²) in [6, 6.07) is 0. The van der Waals surface area contributed by atoms with Gasteiger partial charge in [-0.3, -0.25) is 0 Å². The van der Waals surface area contributed by atoms with E-state index in [-0.39, 0.29) is 0 Å². The SMILES string of the molecule is COCCCNCCSC1CCCC1. The minimum atomic E-state index is 0.878. The maximum atomic E-state index is 4.98. The molecule has 1 fully saturated rings. The van der Waals surface area contributed by atoms with Gasteiger partial charge in [-0.25, -0.2) is 0 Å². The highest BCUT2D eigenvalue weighted by atomic mass is 32.2. The van der Waals surface area contributed by atoms with Crippen LogP contribution in [-0.4, -0.2) is 37.8 Å². The molecule has 0 aliphatic heterocycles. The Hall–Kier alpha value is 0.270. The van der Waals surface area contributed by atoms with E-state index in [9.17, 15) is 0 Å². The summed E-state index contributed by atoms with van der Waals surface area (Å²) in [5.41, 5.74) is 0. The Balaban J connectivity index is 1.75. The summed E-state index contributed by atoms with van der Waals surface area (Å²) in [5.74, 6) is 1.28. The summed E-state index contributed by atoms with van der Waals surface area (Å²) >= 11 is 2.15. The van der Waals surface area contributed by atoms with Crippen molar-refractivity contribution in [3.8, 4) is 0 Å². The molecule has 0 heterocycles. The molecular weight excluding hydrogens is 194 g/mol. The molecule has 3 heteroatoms. The van der Waals surface area contributed by atoms with Crippen molar-refractivity contribution in [2.24, 2.45) is 0 Å². The van der Waals surface area contributed by atoms with Crippen molar-refractivity contribution in [1.82, 2.24) is 5.32 Å². The summed E-state index contributed by atoms with van der Waals surface area (Å²) in [5, 5.41) is 4.41. The van der Waals surface area contributed by atoms with Crippen molar-refractivity contribution >= 4 is 11.8 Å². The first kappa shape index (κ1) is 12.3. The van der Waals surface area contributed by atoms with Crippen molar-refractivity contribution < 1.29 is 4.74 Å². The maximum absolute atomic E-state index is 4.98. The van der Waals surface area contributed by atoms with Gasteiger partial charge in [-0.2, -0.15) is 11.8 Å². The Kier molecular flexibility index (Phi) is 7.55. The van der Waals surface area contributed by atoms with E-state index in [1.807, 2.05) is 0 Å². The van der Waals surface area contributed by atoms with Gasteiger partial charge in [-0.15, -0.1) is 0 Å². The molecule has 2 nitrogen and oxygen atoms in total.